The smallest absolute Gasteiger partial charge is 0.279 e. The fraction of sp³-hybridized carbons (Fsp3) is 0.217. The van der Waals surface area contributed by atoms with Gasteiger partial charge in [0.05, 0.1) is 35.7 Å². The fourth-order valence-electron chi connectivity index (χ4n) is 3.00. The van der Waals surface area contributed by atoms with E-state index >= 15 is 0 Å². The van der Waals surface area contributed by atoms with Crippen molar-refractivity contribution in [2.45, 2.75) is 32.9 Å². The quantitative estimate of drug-likeness (QED) is 0.444. The Kier molecular flexibility index (Phi) is 5.69. The number of ether oxygens (including phenoxy) is 2. The molecule has 7 nitrogen and oxygen atoms in total. The van der Waals surface area contributed by atoms with Gasteiger partial charge in [0, 0.05) is 6.07 Å². The number of nitrogens with zero attached hydrogens (tertiary/aromatic N) is 3. The topological polar surface area (TPSA) is 81.6 Å². The minimum Gasteiger partial charge on any atom is -0.475 e. The Bertz CT molecular complexity index is 1160. The van der Waals surface area contributed by atoms with E-state index in [2.05, 4.69) is 21.8 Å². The molecule has 8 heteroatoms. The molecule has 0 fully saturated rings. The molecule has 156 valence electrons. The van der Waals surface area contributed by atoms with Crippen molar-refractivity contribution < 1.29 is 19.1 Å². The monoisotopic (exact) mass is 433 g/mol. The van der Waals surface area contributed by atoms with Crippen LogP contribution in [0.5, 0.6) is 16.8 Å². The molecule has 3 heterocycles. The zero-order chi connectivity index (χ0) is 22.0. The van der Waals surface area contributed by atoms with Crippen molar-refractivity contribution in [3.63, 3.8) is 0 Å². The van der Waals surface area contributed by atoms with Crippen molar-refractivity contribution in [1.82, 2.24) is 14.9 Å². The first-order valence-electron chi connectivity index (χ1n) is 9.67. The molecule has 31 heavy (non-hydrogen) atoms. The highest BCUT2D eigenvalue weighted by atomic mass is 32.1. The first kappa shape index (κ1) is 20.6. The minimum atomic E-state index is -0.573. The van der Waals surface area contributed by atoms with Crippen LogP contribution in [0.15, 0.2) is 48.8 Å². The molecule has 1 unspecified atom stereocenters. The maximum absolute atomic E-state index is 12.5. The molecule has 2 amide bonds. The van der Waals surface area contributed by atoms with Crippen LogP contribution in [0.2, 0.25) is 0 Å². The van der Waals surface area contributed by atoms with Crippen LogP contribution >= 0.6 is 11.3 Å². The van der Waals surface area contributed by atoms with Crippen LogP contribution in [0.3, 0.4) is 0 Å². The Hall–Kier alpha value is -3.70. The van der Waals surface area contributed by atoms with Crippen LogP contribution in [0.4, 0.5) is 0 Å². The number of benzene rings is 1. The summed E-state index contributed by atoms with van der Waals surface area (Å²) in [4.78, 5) is 35.3. The summed E-state index contributed by atoms with van der Waals surface area (Å²) < 4.78 is 11.2. The molecule has 0 N–H and O–H groups in total. The Morgan fingerprint density at radius 2 is 1.68 bits per heavy atom. The second-order valence-corrected chi connectivity index (χ2v) is 8.06. The van der Waals surface area contributed by atoms with E-state index in [1.54, 1.807) is 55.7 Å². The lowest BCUT2D eigenvalue weighted by Crippen LogP contribution is -2.37. The molecular formula is C23H19N3O4S. The zero-order valence-corrected chi connectivity index (χ0v) is 18.0. The van der Waals surface area contributed by atoms with Crippen LogP contribution in [-0.4, -0.2) is 38.8 Å². The molecule has 3 aromatic rings. The predicted octanol–water partition coefficient (Wildman–Crippen LogP) is 4.15. The zero-order valence-electron chi connectivity index (χ0n) is 17.2. The van der Waals surface area contributed by atoms with Gasteiger partial charge in [0.2, 0.25) is 5.88 Å². The van der Waals surface area contributed by atoms with E-state index in [0.717, 1.165) is 0 Å². The van der Waals surface area contributed by atoms with Crippen molar-refractivity contribution in [3.8, 4) is 28.7 Å². The summed E-state index contributed by atoms with van der Waals surface area (Å²) in [6.45, 7) is 5.58. The number of amides is 2. The van der Waals surface area contributed by atoms with E-state index in [4.69, 9.17) is 9.47 Å². The average Bonchev–Trinajstić information content (AvgIpc) is 3.30. The summed E-state index contributed by atoms with van der Waals surface area (Å²) in [5.41, 5.74) is 0.820. The molecule has 0 saturated carbocycles. The number of fused-ring (bicyclic) bond motifs is 1. The van der Waals surface area contributed by atoms with Crippen LogP contribution in [0.1, 0.15) is 46.4 Å². The summed E-state index contributed by atoms with van der Waals surface area (Å²) in [5, 5.41) is 0.414. The number of pyridine rings is 1. The molecule has 0 spiro atoms. The summed E-state index contributed by atoms with van der Waals surface area (Å²) in [6, 6.07) is 9.69. The second-order valence-electron chi connectivity index (χ2n) is 7.06. The molecule has 0 aliphatic carbocycles. The third kappa shape index (κ3) is 4.42. The lowest BCUT2D eigenvalue weighted by atomic mass is 10.1. The highest BCUT2D eigenvalue weighted by Gasteiger charge is 2.37. The van der Waals surface area contributed by atoms with Crippen LogP contribution < -0.4 is 9.47 Å². The summed E-state index contributed by atoms with van der Waals surface area (Å²) in [7, 11) is 0. The molecule has 0 radical (unpaired) electrons. The van der Waals surface area contributed by atoms with E-state index in [1.165, 1.54) is 16.2 Å². The molecule has 1 aliphatic rings. The fourth-order valence-corrected chi connectivity index (χ4v) is 3.65. The van der Waals surface area contributed by atoms with Gasteiger partial charge in [-0.05, 0) is 39.0 Å². The Morgan fingerprint density at radius 1 is 0.968 bits per heavy atom. The van der Waals surface area contributed by atoms with Gasteiger partial charge in [-0.1, -0.05) is 35.3 Å². The molecule has 2 aromatic heterocycles. The van der Waals surface area contributed by atoms with Gasteiger partial charge in [0.15, 0.2) is 0 Å². The number of thiazole rings is 1. The van der Waals surface area contributed by atoms with Crippen molar-refractivity contribution in [2.24, 2.45) is 0 Å². The van der Waals surface area contributed by atoms with Crippen LogP contribution in [0, 0.1) is 11.8 Å². The van der Waals surface area contributed by atoms with E-state index in [1.807, 2.05) is 13.8 Å². The van der Waals surface area contributed by atoms with Crippen molar-refractivity contribution in [1.29, 1.82) is 0 Å². The van der Waals surface area contributed by atoms with Gasteiger partial charge in [0.1, 0.15) is 10.6 Å². The van der Waals surface area contributed by atoms with Gasteiger partial charge in [-0.3, -0.25) is 14.5 Å². The van der Waals surface area contributed by atoms with Crippen molar-refractivity contribution in [3.05, 3.63) is 64.8 Å². The number of aromatic nitrogens is 2. The standard InChI is InChI=1S/C23H19N3O4S/c1-14(2)29-20-11-9-16(12-24-20)30-23-25-13-17(31-23)10-8-15(3)26-21(27)18-6-4-5-7-19(18)22(26)28/h4-7,9,11-15H,1-3H3. The Morgan fingerprint density at radius 3 is 2.29 bits per heavy atom. The van der Waals surface area contributed by atoms with E-state index < -0.39 is 6.04 Å². The molecule has 4 rings (SSSR count). The Balaban J connectivity index is 1.42. The summed E-state index contributed by atoms with van der Waals surface area (Å²) in [6.07, 6.45) is 3.20. The molecular weight excluding hydrogens is 414 g/mol. The maximum Gasteiger partial charge on any atom is 0.279 e. The highest BCUT2D eigenvalue weighted by molar-refractivity contribution is 7.13. The average molecular weight is 433 g/mol. The van der Waals surface area contributed by atoms with Gasteiger partial charge in [-0.15, -0.1) is 0 Å². The first-order valence-corrected chi connectivity index (χ1v) is 10.5. The third-order valence-electron chi connectivity index (χ3n) is 4.37. The van der Waals surface area contributed by atoms with Gasteiger partial charge in [0.25, 0.3) is 17.0 Å². The first-order chi connectivity index (χ1) is 14.9. The van der Waals surface area contributed by atoms with E-state index in [9.17, 15) is 9.59 Å². The number of imide groups is 1. The van der Waals surface area contributed by atoms with Crippen molar-refractivity contribution >= 4 is 23.2 Å². The SMILES string of the molecule is CC(C)Oc1ccc(Oc2ncc(C#CC(C)N3C(=O)c4ccccc4C3=O)s2)cn1. The van der Waals surface area contributed by atoms with E-state index in [0.29, 0.717) is 32.8 Å². The van der Waals surface area contributed by atoms with Gasteiger partial charge in [-0.2, -0.15) is 0 Å². The summed E-state index contributed by atoms with van der Waals surface area (Å²) in [5.74, 6) is 6.33. The second kappa shape index (κ2) is 8.58. The molecule has 0 bridgehead atoms. The molecule has 0 saturated heterocycles. The number of rotatable bonds is 5. The predicted molar refractivity (Wildman–Crippen MR) is 115 cm³/mol. The number of carbonyl (C=O) groups is 2. The summed E-state index contributed by atoms with van der Waals surface area (Å²) >= 11 is 1.26. The van der Waals surface area contributed by atoms with E-state index in [-0.39, 0.29) is 17.9 Å². The van der Waals surface area contributed by atoms with Crippen molar-refractivity contribution in [2.75, 3.05) is 0 Å². The number of hydrogen-bond donors (Lipinski definition) is 0. The number of hydrogen-bond acceptors (Lipinski definition) is 7. The molecule has 1 aromatic carbocycles. The lowest BCUT2D eigenvalue weighted by Gasteiger charge is -2.17. The van der Waals surface area contributed by atoms with Gasteiger partial charge >= 0.3 is 0 Å². The third-order valence-corrected chi connectivity index (χ3v) is 5.16. The normalized spacial score (nSPS) is 13.6. The van der Waals surface area contributed by atoms with Gasteiger partial charge in [-0.25, -0.2) is 9.97 Å². The molecule has 1 aliphatic heterocycles. The molecule has 1 atom stereocenters. The van der Waals surface area contributed by atoms with Crippen LogP contribution in [0.25, 0.3) is 0 Å². The van der Waals surface area contributed by atoms with Crippen LogP contribution in [-0.2, 0) is 0 Å². The number of carbonyl (C=O) groups excluding carboxylic acids is 2. The minimum absolute atomic E-state index is 0.0436. The van der Waals surface area contributed by atoms with Gasteiger partial charge < -0.3 is 9.47 Å². The maximum atomic E-state index is 12.5. The Labute approximate surface area is 183 Å². The largest absolute Gasteiger partial charge is 0.475 e. The lowest BCUT2D eigenvalue weighted by molar-refractivity contribution is 0.0630. The highest BCUT2D eigenvalue weighted by Crippen LogP contribution is 2.27.